The molecule has 0 spiro atoms. The van der Waals surface area contributed by atoms with Crippen LogP contribution in [0.15, 0.2) is 0 Å². The van der Waals surface area contributed by atoms with E-state index in [4.69, 9.17) is 33.4 Å². The first-order valence-electron chi connectivity index (χ1n) is 2.69. The summed E-state index contributed by atoms with van der Waals surface area (Å²) in [4.78, 5) is 20.1. The molecule has 11 heavy (non-hydrogen) atoms. The molecular weight excluding hydrogens is 195 g/mol. The lowest BCUT2D eigenvalue weighted by molar-refractivity contribution is -0.139. The van der Waals surface area contributed by atoms with Gasteiger partial charge < -0.3 is 10.2 Å². The van der Waals surface area contributed by atoms with Gasteiger partial charge in [-0.05, 0) is 0 Å². The van der Waals surface area contributed by atoms with E-state index in [1.165, 1.54) is 0 Å². The standard InChI is InChI=1S/C5H6Cl2O4/c6-5(7,4(10)11)2-1-3(8)9/h1-2H2,(H,8,9)(H,10,11). The molecule has 0 heterocycles. The lowest BCUT2D eigenvalue weighted by atomic mass is 10.2. The highest BCUT2D eigenvalue weighted by Crippen LogP contribution is 2.26. The number of carboxylic acids is 2. The number of carboxylic acid groups (broad SMARTS) is 2. The van der Waals surface area contributed by atoms with E-state index < -0.39 is 16.3 Å². The van der Waals surface area contributed by atoms with Crippen molar-refractivity contribution in [1.29, 1.82) is 0 Å². The van der Waals surface area contributed by atoms with Gasteiger partial charge in [-0.1, -0.05) is 23.2 Å². The molecule has 0 unspecified atom stereocenters. The van der Waals surface area contributed by atoms with Crippen LogP contribution in [0.5, 0.6) is 0 Å². The van der Waals surface area contributed by atoms with Crippen molar-refractivity contribution >= 4 is 35.1 Å². The predicted molar refractivity (Wildman–Crippen MR) is 38.9 cm³/mol. The molecule has 6 heteroatoms. The Balaban J connectivity index is 3.92. The van der Waals surface area contributed by atoms with Crippen LogP contribution >= 0.6 is 23.2 Å². The van der Waals surface area contributed by atoms with Crippen molar-refractivity contribution in [3.63, 3.8) is 0 Å². The lowest BCUT2D eigenvalue weighted by Gasteiger charge is -2.11. The molecule has 0 aromatic heterocycles. The summed E-state index contributed by atoms with van der Waals surface area (Å²) in [5, 5.41) is 16.4. The van der Waals surface area contributed by atoms with Crippen LogP contribution in [0, 0.1) is 0 Å². The van der Waals surface area contributed by atoms with Crippen molar-refractivity contribution < 1.29 is 19.8 Å². The van der Waals surface area contributed by atoms with Gasteiger partial charge >= 0.3 is 11.9 Å². The maximum atomic E-state index is 10.2. The van der Waals surface area contributed by atoms with E-state index in [1.807, 2.05) is 0 Å². The molecular formula is C5H6Cl2O4. The summed E-state index contributed by atoms with van der Waals surface area (Å²) in [6.45, 7) is 0. The van der Waals surface area contributed by atoms with E-state index in [2.05, 4.69) is 0 Å². The molecule has 64 valence electrons. The van der Waals surface area contributed by atoms with Crippen molar-refractivity contribution in [1.82, 2.24) is 0 Å². The SMILES string of the molecule is O=C(O)CCC(Cl)(Cl)C(=O)O. The highest BCUT2D eigenvalue weighted by molar-refractivity contribution is 6.57. The molecule has 0 bridgehead atoms. The molecule has 0 aliphatic heterocycles. The molecule has 0 aromatic carbocycles. The first-order chi connectivity index (χ1) is 4.86. The second kappa shape index (κ2) is 3.78. The number of alkyl halides is 2. The van der Waals surface area contributed by atoms with Gasteiger partial charge in [-0.3, -0.25) is 4.79 Å². The Morgan fingerprint density at radius 2 is 1.73 bits per heavy atom. The minimum absolute atomic E-state index is 0.305. The van der Waals surface area contributed by atoms with E-state index >= 15 is 0 Å². The highest BCUT2D eigenvalue weighted by atomic mass is 35.5. The average molecular weight is 201 g/mol. The third-order valence-electron chi connectivity index (χ3n) is 0.966. The Morgan fingerprint density at radius 1 is 1.27 bits per heavy atom. The number of rotatable bonds is 4. The Labute approximate surface area is 72.7 Å². The molecule has 0 radical (unpaired) electrons. The third kappa shape index (κ3) is 4.06. The summed E-state index contributed by atoms with van der Waals surface area (Å²) in [7, 11) is 0. The first kappa shape index (κ1) is 10.5. The Bertz CT molecular complexity index is 177. The number of aliphatic carboxylic acids is 2. The largest absolute Gasteiger partial charge is 0.481 e. The van der Waals surface area contributed by atoms with Crippen LogP contribution in [0.2, 0.25) is 0 Å². The topological polar surface area (TPSA) is 74.6 Å². The molecule has 0 aliphatic carbocycles. The van der Waals surface area contributed by atoms with Gasteiger partial charge in [0.2, 0.25) is 4.33 Å². The maximum absolute atomic E-state index is 10.2. The number of carbonyl (C=O) groups is 2. The van der Waals surface area contributed by atoms with Crippen LogP contribution in [0.3, 0.4) is 0 Å². The second-order valence-corrected chi connectivity index (χ2v) is 3.39. The first-order valence-corrected chi connectivity index (χ1v) is 3.45. The fraction of sp³-hybridized carbons (Fsp3) is 0.600. The number of hydrogen-bond donors (Lipinski definition) is 2. The smallest absolute Gasteiger partial charge is 0.340 e. The zero-order valence-corrected chi connectivity index (χ0v) is 6.89. The average Bonchev–Trinajstić information content (AvgIpc) is 1.84. The molecule has 0 saturated carbocycles. The van der Waals surface area contributed by atoms with E-state index in [9.17, 15) is 9.59 Å². The fourth-order valence-corrected chi connectivity index (χ4v) is 0.560. The summed E-state index contributed by atoms with van der Waals surface area (Å²) in [5.74, 6) is -2.56. The number of halogens is 2. The molecule has 0 aliphatic rings. The monoisotopic (exact) mass is 200 g/mol. The van der Waals surface area contributed by atoms with Gasteiger partial charge in [-0.25, -0.2) is 4.79 Å². The lowest BCUT2D eigenvalue weighted by Crippen LogP contribution is -2.26. The van der Waals surface area contributed by atoms with E-state index in [0.717, 1.165) is 0 Å². The molecule has 4 nitrogen and oxygen atoms in total. The Morgan fingerprint density at radius 3 is 2.00 bits per heavy atom. The van der Waals surface area contributed by atoms with E-state index in [0.29, 0.717) is 0 Å². The van der Waals surface area contributed by atoms with Crippen LogP contribution < -0.4 is 0 Å². The van der Waals surface area contributed by atoms with Crippen LogP contribution in [-0.4, -0.2) is 26.5 Å². The van der Waals surface area contributed by atoms with Gasteiger partial charge in [0.05, 0.1) is 0 Å². The van der Waals surface area contributed by atoms with Gasteiger partial charge in [-0.2, -0.15) is 0 Å². The summed E-state index contributed by atoms with van der Waals surface area (Å²) in [5.41, 5.74) is 0. The number of hydrogen-bond acceptors (Lipinski definition) is 2. The van der Waals surface area contributed by atoms with Crippen molar-refractivity contribution in [2.45, 2.75) is 17.2 Å². The molecule has 0 fully saturated rings. The summed E-state index contributed by atoms with van der Waals surface area (Å²) < 4.78 is -1.99. The molecule has 0 rings (SSSR count). The second-order valence-electron chi connectivity index (χ2n) is 1.90. The van der Waals surface area contributed by atoms with Crippen LogP contribution in [0.4, 0.5) is 0 Å². The summed E-state index contributed by atoms with van der Waals surface area (Å²) in [6, 6.07) is 0. The van der Waals surface area contributed by atoms with Crippen LogP contribution in [0.25, 0.3) is 0 Å². The van der Waals surface area contributed by atoms with Gasteiger partial charge in [0, 0.05) is 12.8 Å². The quantitative estimate of drug-likeness (QED) is 0.668. The minimum Gasteiger partial charge on any atom is -0.481 e. The van der Waals surface area contributed by atoms with Crippen molar-refractivity contribution in [3.8, 4) is 0 Å². The zero-order chi connectivity index (χ0) is 9.07. The molecule has 2 N–H and O–H groups in total. The molecule has 0 atom stereocenters. The molecule has 0 saturated heterocycles. The van der Waals surface area contributed by atoms with E-state index in [1.54, 1.807) is 0 Å². The maximum Gasteiger partial charge on any atom is 0.340 e. The summed E-state index contributed by atoms with van der Waals surface area (Å²) >= 11 is 10.4. The van der Waals surface area contributed by atoms with Gasteiger partial charge in [0.25, 0.3) is 0 Å². The Hall–Kier alpha value is -0.480. The van der Waals surface area contributed by atoms with Gasteiger partial charge in [0.15, 0.2) is 0 Å². The van der Waals surface area contributed by atoms with Crippen LogP contribution in [0.1, 0.15) is 12.8 Å². The predicted octanol–water partition coefficient (Wildman–Crippen LogP) is 1.11. The molecule has 0 amide bonds. The molecule has 0 aromatic rings. The van der Waals surface area contributed by atoms with Gasteiger partial charge in [0.1, 0.15) is 0 Å². The highest BCUT2D eigenvalue weighted by Gasteiger charge is 2.33. The van der Waals surface area contributed by atoms with Gasteiger partial charge in [-0.15, -0.1) is 0 Å². The summed E-state index contributed by atoms with van der Waals surface area (Å²) in [6.07, 6.45) is -0.667. The van der Waals surface area contributed by atoms with Crippen molar-refractivity contribution in [2.75, 3.05) is 0 Å². The van der Waals surface area contributed by atoms with Crippen molar-refractivity contribution in [2.24, 2.45) is 0 Å². The normalized spacial score (nSPS) is 11.1. The minimum atomic E-state index is -1.99. The van der Waals surface area contributed by atoms with Crippen LogP contribution in [-0.2, 0) is 9.59 Å². The Kier molecular flexibility index (Phi) is 3.62. The third-order valence-corrected chi connectivity index (χ3v) is 1.67. The fourth-order valence-electron chi connectivity index (χ4n) is 0.371. The van der Waals surface area contributed by atoms with Crippen molar-refractivity contribution in [3.05, 3.63) is 0 Å². The van der Waals surface area contributed by atoms with E-state index in [-0.39, 0.29) is 12.8 Å². The zero-order valence-electron chi connectivity index (χ0n) is 5.38.